The van der Waals surface area contributed by atoms with E-state index in [4.69, 9.17) is 4.98 Å². The van der Waals surface area contributed by atoms with E-state index in [9.17, 15) is 4.39 Å². The Balaban J connectivity index is 1.35. The molecule has 7 nitrogen and oxygen atoms in total. The SMILES string of the molecule is Cc1cc(-c2cn(CCN(C)C)c(C3CCN(C4NCNc5ncccc54)CC3)n2)ccc1F. The average Bonchev–Trinajstić information content (AvgIpc) is 3.28. The molecule has 0 amide bonds. The summed E-state index contributed by atoms with van der Waals surface area (Å²) >= 11 is 0. The van der Waals surface area contributed by atoms with Gasteiger partial charge in [0.05, 0.1) is 18.5 Å². The number of fused-ring (bicyclic) bond motifs is 1. The van der Waals surface area contributed by atoms with Crippen LogP contribution < -0.4 is 10.6 Å². The fraction of sp³-hybridized carbons (Fsp3) is 0.462. The van der Waals surface area contributed by atoms with Crippen LogP contribution in [-0.2, 0) is 6.54 Å². The number of aromatic nitrogens is 3. The average molecular weight is 464 g/mol. The molecule has 3 aromatic rings. The van der Waals surface area contributed by atoms with Crippen LogP contribution in [0.2, 0.25) is 0 Å². The quantitative estimate of drug-likeness (QED) is 0.580. The maximum Gasteiger partial charge on any atom is 0.133 e. The van der Waals surface area contributed by atoms with E-state index in [1.807, 2.05) is 24.4 Å². The molecule has 0 aliphatic carbocycles. The summed E-state index contributed by atoms with van der Waals surface area (Å²) in [4.78, 5) is 14.3. The lowest BCUT2D eigenvalue weighted by molar-refractivity contribution is 0.124. The van der Waals surface area contributed by atoms with Crippen LogP contribution in [0.1, 0.15) is 41.9 Å². The molecular weight excluding hydrogens is 429 g/mol. The molecule has 1 aromatic carbocycles. The van der Waals surface area contributed by atoms with Crippen LogP contribution >= 0.6 is 0 Å². The van der Waals surface area contributed by atoms with Gasteiger partial charge in [-0.05, 0) is 63.7 Å². The number of rotatable bonds is 6. The van der Waals surface area contributed by atoms with Crippen molar-refractivity contribution in [2.24, 2.45) is 0 Å². The molecule has 5 rings (SSSR count). The van der Waals surface area contributed by atoms with Crippen molar-refractivity contribution in [3.05, 3.63) is 65.5 Å². The van der Waals surface area contributed by atoms with Crippen molar-refractivity contribution in [2.45, 2.75) is 38.4 Å². The highest BCUT2D eigenvalue weighted by atomic mass is 19.1. The number of pyridine rings is 1. The molecule has 1 atom stereocenters. The first-order valence-electron chi connectivity index (χ1n) is 12.1. The number of nitrogens with zero attached hydrogens (tertiary/aromatic N) is 5. The summed E-state index contributed by atoms with van der Waals surface area (Å²) in [6.45, 7) is 6.38. The lowest BCUT2D eigenvalue weighted by Gasteiger charge is -2.40. The fourth-order valence-corrected chi connectivity index (χ4v) is 5.06. The summed E-state index contributed by atoms with van der Waals surface area (Å²) in [5.74, 6) is 2.36. The first kappa shape index (κ1) is 23.0. The number of halogens is 1. The molecule has 4 heterocycles. The van der Waals surface area contributed by atoms with Gasteiger partial charge in [0.1, 0.15) is 17.5 Å². The zero-order chi connectivity index (χ0) is 23.7. The van der Waals surface area contributed by atoms with Gasteiger partial charge in [-0.25, -0.2) is 14.4 Å². The number of hydrogen-bond donors (Lipinski definition) is 2. The van der Waals surface area contributed by atoms with E-state index in [2.05, 4.69) is 56.3 Å². The monoisotopic (exact) mass is 463 g/mol. The molecule has 2 aliphatic heterocycles. The van der Waals surface area contributed by atoms with Crippen LogP contribution in [0.3, 0.4) is 0 Å². The first-order chi connectivity index (χ1) is 16.5. The van der Waals surface area contributed by atoms with Crippen molar-refractivity contribution >= 4 is 5.82 Å². The van der Waals surface area contributed by atoms with Crippen molar-refractivity contribution < 1.29 is 4.39 Å². The molecule has 8 heteroatoms. The molecule has 180 valence electrons. The Morgan fingerprint density at radius 2 is 2.00 bits per heavy atom. The van der Waals surface area contributed by atoms with Crippen LogP contribution in [0, 0.1) is 12.7 Å². The Hall–Kier alpha value is -2.81. The number of anilines is 1. The molecule has 34 heavy (non-hydrogen) atoms. The Morgan fingerprint density at radius 1 is 1.18 bits per heavy atom. The second-order valence-corrected chi connectivity index (χ2v) is 9.66. The molecule has 1 unspecified atom stereocenters. The Kier molecular flexibility index (Phi) is 6.63. The predicted molar refractivity (Wildman–Crippen MR) is 133 cm³/mol. The van der Waals surface area contributed by atoms with Crippen molar-refractivity contribution in [1.29, 1.82) is 0 Å². The van der Waals surface area contributed by atoms with Gasteiger partial charge in [0.25, 0.3) is 0 Å². The summed E-state index contributed by atoms with van der Waals surface area (Å²) in [5, 5.41) is 6.93. The first-order valence-corrected chi connectivity index (χ1v) is 12.1. The summed E-state index contributed by atoms with van der Waals surface area (Å²) < 4.78 is 16.1. The van der Waals surface area contributed by atoms with E-state index in [1.54, 1.807) is 13.0 Å². The smallest absolute Gasteiger partial charge is 0.133 e. The van der Waals surface area contributed by atoms with Crippen molar-refractivity contribution in [3.8, 4) is 11.3 Å². The van der Waals surface area contributed by atoms with Crippen molar-refractivity contribution in [1.82, 2.24) is 29.7 Å². The van der Waals surface area contributed by atoms with Crippen LogP contribution in [0.15, 0.2) is 42.7 Å². The summed E-state index contributed by atoms with van der Waals surface area (Å²) in [6, 6.07) is 9.44. The maximum atomic E-state index is 13.8. The van der Waals surface area contributed by atoms with Crippen LogP contribution in [-0.4, -0.2) is 64.7 Å². The third kappa shape index (κ3) is 4.71. The minimum atomic E-state index is -0.174. The van der Waals surface area contributed by atoms with Gasteiger partial charge < -0.3 is 14.8 Å². The highest BCUT2D eigenvalue weighted by molar-refractivity contribution is 5.60. The van der Waals surface area contributed by atoms with Crippen LogP contribution in [0.25, 0.3) is 11.3 Å². The van der Waals surface area contributed by atoms with Gasteiger partial charge in [0.15, 0.2) is 0 Å². The van der Waals surface area contributed by atoms with E-state index in [0.717, 1.165) is 68.6 Å². The van der Waals surface area contributed by atoms with Crippen LogP contribution in [0.5, 0.6) is 0 Å². The van der Waals surface area contributed by atoms with E-state index < -0.39 is 0 Å². The lowest BCUT2D eigenvalue weighted by Crippen LogP contribution is -2.47. The summed E-state index contributed by atoms with van der Waals surface area (Å²) in [5.41, 5.74) is 3.77. The number of piperidine rings is 1. The number of benzene rings is 1. The number of imidazole rings is 1. The molecule has 0 spiro atoms. The Morgan fingerprint density at radius 3 is 2.76 bits per heavy atom. The standard InChI is InChI=1S/C26H34FN7/c1-18-15-20(6-7-22(18)27)23-16-34(14-13-32(2)3)25(31-23)19-8-11-33(12-9-19)26-21-5-4-10-28-24(21)29-17-30-26/h4-7,10,15-16,19,26,30H,8-9,11-14,17H2,1-3H3,(H,28,29). The number of nitrogens with one attached hydrogen (secondary N) is 2. The summed E-state index contributed by atoms with van der Waals surface area (Å²) in [6.07, 6.45) is 6.30. The van der Waals surface area contributed by atoms with Gasteiger partial charge in [-0.3, -0.25) is 10.2 Å². The second kappa shape index (κ2) is 9.82. The summed E-state index contributed by atoms with van der Waals surface area (Å²) in [7, 11) is 4.19. The molecular formula is C26H34FN7. The van der Waals surface area contributed by atoms with Gasteiger partial charge >= 0.3 is 0 Å². The van der Waals surface area contributed by atoms with Gasteiger partial charge in [0, 0.05) is 55.6 Å². The fourth-order valence-electron chi connectivity index (χ4n) is 5.06. The van der Waals surface area contributed by atoms with Gasteiger partial charge in [-0.2, -0.15) is 0 Å². The predicted octanol–water partition coefficient (Wildman–Crippen LogP) is 3.81. The Labute approximate surface area is 201 Å². The number of likely N-dealkylation sites (tertiary alicyclic amines) is 1. The number of hydrogen-bond acceptors (Lipinski definition) is 6. The zero-order valence-electron chi connectivity index (χ0n) is 20.3. The molecule has 2 aromatic heterocycles. The minimum Gasteiger partial charge on any atom is -0.357 e. The molecule has 2 N–H and O–H groups in total. The van der Waals surface area contributed by atoms with E-state index >= 15 is 0 Å². The number of likely N-dealkylation sites (N-methyl/N-ethyl adjacent to an activating group) is 1. The molecule has 0 radical (unpaired) electrons. The van der Waals surface area contributed by atoms with Crippen molar-refractivity contribution in [2.75, 3.05) is 45.7 Å². The van der Waals surface area contributed by atoms with Crippen LogP contribution in [0.4, 0.5) is 10.2 Å². The largest absolute Gasteiger partial charge is 0.357 e. The van der Waals surface area contributed by atoms with Crippen molar-refractivity contribution in [3.63, 3.8) is 0 Å². The zero-order valence-corrected chi connectivity index (χ0v) is 20.3. The third-order valence-electron chi connectivity index (χ3n) is 6.99. The Bertz CT molecular complexity index is 1130. The molecule has 0 bridgehead atoms. The molecule has 1 fully saturated rings. The van der Waals surface area contributed by atoms with Gasteiger partial charge in [0.2, 0.25) is 0 Å². The normalized spacial score (nSPS) is 19.3. The molecule has 2 aliphatic rings. The maximum absolute atomic E-state index is 13.8. The highest BCUT2D eigenvalue weighted by Gasteiger charge is 2.31. The third-order valence-corrected chi connectivity index (χ3v) is 6.99. The second-order valence-electron chi connectivity index (χ2n) is 9.66. The molecule has 1 saturated heterocycles. The van der Waals surface area contributed by atoms with Gasteiger partial charge in [-0.1, -0.05) is 6.07 Å². The number of aryl methyl sites for hydroxylation is 1. The highest BCUT2D eigenvalue weighted by Crippen LogP contribution is 2.35. The van der Waals surface area contributed by atoms with Gasteiger partial charge in [-0.15, -0.1) is 0 Å². The topological polar surface area (TPSA) is 61.2 Å². The van der Waals surface area contributed by atoms with E-state index in [-0.39, 0.29) is 12.0 Å². The molecule has 0 saturated carbocycles. The minimum absolute atomic E-state index is 0.174. The van der Waals surface area contributed by atoms with E-state index in [1.165, 1.54) is 5.56 Å². The van der Waals surface area contributed by atoms with E-state index in [0.29, 0.717) is 11.5 Å². The lowest BCUT2D eigenvalue weighted by atomic mass is 9.94.